The first kappa shape index (κ1) is 17.4. The normalized spacial score (nSPS) is 9.32. The van der Waals surface area contributed by atoms with Crippen LogP contribution in [-0.4, -0.2) is 38.5 Å². The molecule has 1 aromatic carbocycles. The highest BCUT2D eigenvalue weighted by Crippen LogP contribution is 1.97. The maximum atomic E-state index is 11.4. The molecule has 3 N–H and O–H groups in total. The number of nitrogens with one attached hydrogen (secondary N) is 3. The number of hydrogen-bond donors (Lipinski definition) is 3. The van der Waals surface area contributed by atoms with Crippen molar-refractivity contribution in [3.05, 3.63) is 35.9 Å². The SMILES string of the molecule is CNCC(=O)NCC(=O)NCCc1ccccc1.Cl. The highest BCUT2D eigenvalue weighted by molar-refractivity contribution is 5.85. The third-order valence-corrected chi connectivity index (χ3v) is 2.36. The summed E-state index contributed by atoms with van der Waals surface area (Å²) in [4.78, 5) is 22.5. The lowest BCUT2D eigenvalue weighted by Gasteiger charge is -2.06. The summed E-state index contributed by atoms with van der Waals surface area (Å²) in [5.41, 5.74) is 1.18. The van der Waals surface area contributed by atoms with Gasteiger partial charge in [-0.05, 0) is 19.0 Å². The van der Waals surface area contributed by atoms with Gasteiger partial charge in [0.25, 0.3) is 0 Å². The maximum absolute atomic E-state index is 11.4. The van der Waals surface area contributed by atoms with E-state index in [2.05, 4.69) is 16.0 Å². The van der Waals surface area contributed by atoms with Crippen LogP contribution in [0, 0.1) is 0 Å². The Morgan fingerprint density at radius 1 is 1.00 bits per heavy atom. The van der Waals surface area contributed by atoms with E-state index in [9.17, 15) is 9.59 Å². The van der Waals surface area contributed by atoms with Gasteiger partial charge >= 0.3 is 0 Å². The minimum atomic E-state index is -0.185. The van der Waals surface area contributed by atoms with Gasteiger partial charge in [-0.25, -0.2) is 0 Å². The average Bonchev–Trinajstić information content (AvgIpc) is 2.38. The van der Waals surface area contributed by atoms with Crippen molar-refractivity contribution in [1.82, 2.24) is 16.0 Å². The van der Waals surface area contributed by atoms with Gasteiger partial charge in [-0.15, -0.1) is 12.4 Å². The standard InChI is InChI=1S/C13H19N3O2.ClH/c1-14-9-12(17)16-10-13(18)15-8-7-11-5-3-2-4-6-11;/h2-6,14H,7-10H2,1H3,(H,15,18)(H,16,17);1H. The highest BCUT2D eigenvalue weighted by atomic mass is 35.5. The van der Waals surface area contributed by atoms with E-state index in [1.165, 1.54) is 5.56 Å². The van der Waals surface area contributed by atoms with Crippen LogP contribution in [0.5, 0.6) is 0 Å². The summed E-state index contributed by atoms with van der Waals surface area (Å²) in [6, 6.07) is 9.92. The Bertz CT molecular complexity index is 385. The zero-order valence-corrected chi connectivity index (χ0v) is 11.8. The summed E-state index contributed by atoms with van der Waals surface area (Å²) in [6.07, 6.45) is 0.789. The monoisotopic (exact) mass is 285 g/mol. The van der Waals surface area contributed by atoms with E-state index in [1.54, 1.807) is 7.05 Å². The van der Waals surface area contributed by atoms with Crippen LogP contribution in [0.1, 0.15) is 5.56 Å². The van der Waals surface area contributed by atoms with Crippen LogP contribution in [0.2, 0.25) is 0 Å². The second kappa shape index (κ2) is 10.3. The Hall–Kier alpha value is -1.59. The van der Waals surface area contributed by atoms with E-state index < -0.39 is 0 Å². The van der Waals surface area contributed by atoms with Crippen LogP contribution in [0.3, 0.4) is 0 Å². The van der Waals surface area contributed by atoms with Crippen LogP contribution >= 0.6 is 12.4 Å². The minimum absolute atomic E-state index is 0. The molecule has 0 spiro atoms. The van der Waals surface area contributed by atoms with Gasteiger partial charge in [0.2, 0.25) is 11.8 Å². The van der Waals surface area contributed by atoms with Crippen LogP contribution in [0.25, 0.3) is 0 Å². The molecule has 0 aliphatic heterocycles. The zero-order valence-electron chi connectivity index (χ0n) is 10.9. The summed E-state index contributed by atoms with van der Waals surface area (Å²) in [7, 11) is 1.68. The molecule has 6 heteroatoms. The molecule has 5 nitrogen and oxygen atoms in total. The van der Waals surface area contributed by atoms with Crippen molar-refractivity contribution in [2.24, 2.45) is 0 Å². The van der Waals surface area contributed by atoms with Crippen LogP contribution < -0.4 is 16.0 Å². The molecular weight excluding hydrogens is 266 g/mol. The van der Waals surface area contributed by atoms with Gasteiger partial charge in [0, 0.05) is 6.54 Å². The third-order valence-electron chi connectivity index (χ3n) is 2.36. The van der Waals surface area contributed by atoms with Gasteiger partial charge in [-0.1, -0.05) is 30.3 Å². The Morgan fingerprint density at radius 2 is 1.63 bits per heavy atom. The largest absolute Gasteiger partial charge is 0.354 e. The lowest BCUT2D eigenvalue weighted by Crippen LogP contribution is -2.40. The smallest absolute Gasteiger partial charge is 0.239 e. The molecule has 0 radical (unpaired) electrons. The molecule has 19 heavy (non-hydrogen) atoms. The second-order valence-corrected chi connectivity index (χ2v) is 3.89. The molecule has 0 aliphatic rings. The van der Waals surface area contributed by atoms with Crippen molar-refractivity contribution in [2.45, 2.75) is 6.42 Å². The first-order valence-electron chi connectivity index (χ1n) is 5.94. The Kier molecular flexibility index (Phi) is 9.48. The lowest BCUT2D eigenvalue weighted by molar-refractivity contribution is -0.125. The molecule has 106 valence electrons. The van der Waals surface area contributed by atoms with Crippen molar-refractivity contribution in [2.75, 3.05) is 26.7 Å². The highest BCUT2D eigenvalue weighted by Gasteiger charge is 2.03. The summed E-state index contributed by atoms with van der Waals surface area (Å²) in [6.45, 7) is 0.817. The molecule has 0 saturated carbocycles. The molecule has 2 amide bonds. The topological polar surface area (TPSA) is 70.2 Å². The summed E-state index contributed by atoms with van der Waals surface area (Å²) >= 11 is 0. The minimum Gasteiger partial charge on any atom is -0.354 e. The number of benzene rings is 1. The van der Waals surface area contributed by atoms with Gasteiger partial charge in [0.15, 0.2) is 0 Å². The first-order valence-corrected chi connectivity index (χ1v) is 5.94. The molecule has 0 aliphatic carbocycles. The fourth-order valence-corrected chi connectivity index (χ4v) is 1.46. The second-order valence-electron chi connectivity index (χ2n) is 3.89. The fraction of sp³-hybridized carbons (Fsp3) is 0.385. The third kappa shape index (κ3) is 8.18. The number of carbonyl (C=O) groups excluding carboxylic acids is 2. The first-order chi connectivity index (χ1) is 8.72. The number of halogens is 1. The Balaban J connectivity index is 0.00000324. The van der Waals surface area contributed by atoms with Crippen molar-refractivity contribution in [1.29, 1.82) is 0 Å². The fourth-order valence-electron chi connectivity index (χ4n) is 1.46. The molecule has 0 saturated heterocycles. The predicted molar refractivity (Wildman–Crippen MR) is 77.3 cm³/mol. The maximum Gasteiger partial charge on any atom is 0.239 e. The Labute approximate surface area is 119 Å². The van der Waals surface area contributed by atoms with E-state index in [-0.39, 0.29) is 37.3 Å². The van der Waals surface area contributed by atoms with E-state index in [1.807, 2.05) is 30.3 Å². The van der Waals surface area contributed by atoms with Crippen molar-refractivity contribution in [3.63, 3.8) is 0 Å². The van der Waals surface area contributed by atoms with E-state index >= 15 is 0 Å². The summed E-state index contributed by atoms with van der Waals surface area (Å²) < 4.78 is 0. The van der Waals surface area contributed by atoms with Gasteiger partial charge in [-0.2, -0.15) is 0 Å². The van der Waals surface area contributed by atoms with E-state index in [0.717, 1.165) is 6.42 Å². The van der Waals surface area contributed by atoms with Gasteiger partial charge < -0.3 is 16.0 Å². The van der Waals surface area contributed by atoms with E-state index in [0.29, 0.717) is 6.54 Å². The van der Waals surface area contributed by atoms with Crippen molar-refractivity contribution in [3.8, 4) is 0 Å². The number of amides is 2. The molecule has 0 aromatic heterocycles. The molecule has 0 heterocycles. The molecule has 0 atom stereocenters. The van der Waals surface area contributed by atoms with Crippen LogP contribution in [-0.2, 0) is 16.0 Å². The number of likely N-dealkylation sites (N-methyl/N-ethyl adjacent to an activating group) is 1. The van der Waals surface area contributed by atoms with Gasteiger partial charge in [0.1, 0.15) is 0 Å². The lowest BCUT2D eigenvalue weighted by atomic mass is 10.1. The predicted octanol–water partition coefficient (Wildman–Crippen LogP) is 0.103. The number of rotatable bonds is 7. The number of carbonyl (C=O) groups is 2. The number of hydrogen-bond acceptors (Lipinski definition) is 3. The molecular formula is C13H20ClN3O2. The molecule has 1 rings (SSSR count). The van der Waals surface area contributed by atoms with Crippen LogP contribution in [0.15, 0.2) is 30.3 Å². The zero-order chi connectivity index (χ0) is 13.2. The molecule has 0 bridgehead atoms. The average molecular weight is 286 g/mol. The summed E-state index contributed by atoms with van der Waals surface area (Å²) in [5.74, 6) is -0.355. The van der Waals surface area contributed by atoms with Gasteiger partial charge in [0.05, 0.1) is 13.1 Å². The molecule has 0 fully saturated rings. The Morgan fingerprint density at radius 3 is 2.26 bits per heavy atom. The quantitative estimate of drug-likeness (QED) is 0.666. The summed E-state index contributed by atoms with van der Waals surface area (Å²) in [5, 5.41) is 7.99. The molecule has 0 unspecified atom stereocenters. The molecule has 1 aromatic rings. The van der Waals surface area contributed by atoms with Crippen LogP contribution in [0.4, 0.5) is 0 Å². The van der Waals surface area contributed by atoms with E-state index in [4.69, 9.17) is 0 Å². The van der Waals surface area contributed by atoms with Crippen molar-refractivity contribution >= 4 is 24.2 Å². The van der Waals surface area contributed by atoms with Gasteiger partial charge in [-0.3, -0.25) is 9.59 Å². The van der Waals surface area contributed by atoms with Crippen molar-refractivity contribution < 1.29 is 9.59 Å².